The highest BCUT2D eigenvalue weighted by Gasteiger charge is 2.24. The molecule has 3 aromatic carbocycles. The standard InChI is InChI=1S/C26H24N4O3/c31-24-22-11-4-5-12-23(22)27-26(28-24)30-15-13-29(14-16-30)25(32)20-9-6-10-21(17-20)33-18-19-7-2-1-3-8-19/h1-12,17H,13-16,18H2,(H,27,28,31). The summed E-state index contributed by atoms with van der Waals surface area (Å²) < 4.78 is 5.87. The molecule has 2 heterocycles. The maximum Gasteiger partial charge on any atom is 0.260 e. The number of carbonyl (C=O) groups excluding carboxylic acids is 1. The summed E-state index contributed by atoms with van der Waals surface area (Å²) in [4.78, 5) is 36.8. The second kappa shape index (κ2) is 9.16. The van der Waals surface area contributed by atoms with Gasteiger partial charge in [0.15, 0.2) is 0 Å². The summed E-state index contributed by atoms with van der Waals surface area (Å²) in [6.07, 6.45) is 0. The molecule has 0 unspecified atom stereocenters. The van der Waals surface area contributed by atoms with Crippen molar-refractivity contribution in [1.82, 2.24) is 14.9 Å². The molecule has 1 amide bonds. The molecule has 1 saturated heterocycles. The maximum absolute atomic E-state index is 13.1. The summed E-state index contributed by atoms with van der Waals surface area (Å²) >= 11 is 0. The van der Waals surface area contributed by atoms with Crippen LogP contribution in [0.5, 0.6) is 5.75 Å². The molecule has 7 heteroatoms. The van der Waals surface area contributed by atoms with Gasteiger partial charge in [0.2, 0.25) is 5.95 Å². The summed E-state index contributed by atoms with van der Waals surface area (Å²) in [7, 11) is 0. The smallest absolute Gasteiger partial charge is 0.260 e. The fraction of sp³-hybridized carbons (Fsp3) is 0.192. The Bertz CT molecular complexity index is 1330. The number of aromatic nitrogens is 2. The monoisotopic (exact) mass is 440 g/mol. The second-order valence-electron chi connectivity index (χ2n) is 7.99. The number of nitrogens with one attached hydrogen (secondary N) is 1. The summed E-state index contributed by atoms with van der Waals surface area (Å²) in [5.41, 5.74) is 2.19. The van der Waals surface area contributed by atoms with E-state index in [0.717, 1.165) is 5.56 Å². The van der Waals surface area contributed by atoms with Gasteiger partial charge in [-0.15, -0.1) is 0 Å². The van der Waals surface area contributed by atoms with Crippen molar-refractivity contribution < 1.29 is 9.53 Å². The van der Waals surface area contributed by atoms with E-state index in [-0.39, 0.29) is 11.5 Å². The highest BCUT2D eigenvalue weighted by atomic mass is 16.5. The first kappa shape index (κ1) is 20.8. The summed E-state index contributed by atoms with van der Waals surface area (Å²) in [5.74, 6) is 1.18. The minimum Gasteiger partial charge on any atom is -0.489 e. The third kappa shape index (κ3) is 4.57. The van der Waals surface area contributed by atoms with Crippen LogP contribution in [-0.2, 0) is 6.61 Å². The van der Waals surface area contributed by atoms with E-state index >= 15 is 0 Å². The van der Waals surface area contributed by atoms with Crippen molar-refractivity contribution >= 4 is 22.8 Å². The molecule has 166 valence electrons. The number of fused-ring (bicyclic) bond motifs is 1. The van der Waals surface area contributed by atoms with Crippen molar-refractivity contribution in [1.29, 1.82) is 0 Å². The lowest BCUT2D eigenvalue weighted by Gasteiger charge is -2.35. The van der Waals surface area contributed by atoms with E-state index < -0.39 is 0 Å². The number of carbonyl (C=O) groups is 1. The van der Waals surface area contributed by atoms with E-state index in [0.29, 0.717) is 61.0 Å². The van der Waals surface area contributed by atoms with Gasteiger partial charge in [-0.3, -0.25) is 14.6 Å². The predicted octanol–water partition coefficient (Wildman–Crippen LogP) is 3.46. The van der Waals surface area contributed by atoms with E-state index in [1.165, 1.54) is 0 Å². The lowest BCUT2D eigenvalue weighted by molar-refractivity contribution is 0.0745. The first-order chi connectivity index (χ1) is 16.2. The number of ether oxygens (including phenoxy) is 1. The molecule has 33 heavy (non-hydrogen) atoms. The molecule has 1 N–H and O–H groups in total. The quantitative estimate of drug-likeness (QED) is 0.514. The van der Waals surface area contributed by atoms with Crippen molar-refractivity contribution in [2.24, 2.45) is 0 Å². The topological polar surface area (TPSA) is 78.5 Å². The van der Waals surface area contributed by atoms with E-state index in [9.17, 15) is 9.59 Å². The number of rotatable bonds is 5. The molecule has 1 aliphatic rings. The minimum absolute atomic E-state index is 0.0280. The Morgan fingerprint density at radius 2 is 1.67 bits per heavy atom. The van der Waals surface area contributed by atoms with Crippen LogP contribution in [0, 0.1) is 0 Å². The number of hydrogen-bond donors (Lipinski definition) is 1. The van der Waals surface area contributed by atoms with Gasteiger partial charge in [0.05, 0.1) is 10.9 Å². The third-order valence-corrected chi connectivity index (χ3v) is 5.80. The van der Waals surface area contributed by atoms with Crippen LogP contribution in [0.25, 0.3) is 10.9 Å². The fourth-order valence-corrected chi connectivity index (χ4v) is 3.99. The van der Waals surface area contributed by atoms with Gasteiger partial charge in [0.1, 0.15) is 12.4 Å². The van der Waals surface area contributed by atoms with Crippen LogP contribution in [0.15, 0.2) is 83.7 Å². The lowest BCUT2D eigenvalue weighted by atomic mass is 10.1. The van der Waals surface area contributed by atoms with Crippen molar-refractivity contribution in [3.8, 4) is 5.75 Å². The molecule has 0 bridgehead atoms. The summed E-state index contributed by atoms with van der Waals surface area (Å²) in [6, 6.07) is 24.5. The van der Waals surface area contributed by atoms with E-state index in [1.54, 1.807) is 12.1 Å². The van der Waals surface area contributed by atoms with Crippen molar-refractivity contribution in [2.45, 2.75) is 6.61 Å². The number of nitrogens with zero attached hydrogens (tertiary/aromatic N) is 3. The molecule has 1 fully saturated rings. The maximum atomic E-state index is 13.1. The number of hydrogen-bond acceptors (Lipinski definition) is 5. The second-order valence-corrected chi connectivity index (χ2v) is 7.99. The molecular weight excluding hydrogens is 416 g/mol. The normalized spacial score (nSPS) is 13.8. The molecule has 0 atom stereocenters. The first-order valence-electron chi connectivity index (χ1n) is 11.0. The zero-order chi connectivity index (χ0) is 22.6. The van der Waals surface area contributed by atoms with Crippen LogP contribution in [0.2, 0.25) is 0 Å². The van der Waals surface area contributed by atoms with Crippen molar-refractivity contribution in [3.05, 3.63) is 100 Å². The fourth-order valence-electron chi connectivity index (χ4n) is 3.99. The summed E-state index contributed by atoms with van der Waals surface area (Å²) in [6.45, 7) is 2.73. The lowest BCUT2D eigenvalue weighted by Crippen LogP contribution is -2.49. The first-order valence-corrected chi connectivity index (χ1v) is 11.0. The zero-order valence-corrected chi connectivity index (χ0v) is 18.1. The van der Waals surface area contributed by atoms with Gasteiger partial charge in [0.25, 0.3) is 11.5 Å². The van der Waals surface area contributed by atoms with Crippen LogP contribution in [0.4, 0.5) is 5.95 Å². The number of aromatic amines is 1. The Morgan fingerprint density at radius 3 is 2.48 bits per heavy atom. The number of H-pyrrole nitrogens is 1. The van der Waals surface area contributed by atoms with Crippen LogP contribution in [-0.4, -0.2) is 47.0 Å². The highest BCUT2D eigenvalue weighted by molar-refractivity contribution is 5.94. The van der Waals surface area contributed by atoms with Crippen LogP contribution >= 0.6 is 0 Å². The largest absolute Gasteiger partial charge is 0.489 e. The Morgan fingerprint density at radius 1 is 0.909 bits per heavy atom. The van der Waals surface area contributed by atoms with Gasteiger partial charge in [-0.1, -0.05) is 48.5 Å². The molecule has 5 rings (SSSR count). The number of anilines is 1. The van der Waals surface area contributed by atoms with Gasteiger partial charge in [-0.2, -0.15) is 0 Å². The average molecular weight is 441 g/mol. The van der Waals surface area contributed by atoms with E-state index in [1.807, 2.05) is 76.5 Å². The Hall–Kier alpha value is -4.13. The molecule has 1 aromatic heterocycles. The summed E-state index contributed by atoms with van der Waals surface area (Å²) in [5, 5.41) is 0.574. The van der Waals surface area contributed by atoms with Gasteiger partial charge in [-0.05, 0) is 35.9 Å². The SMILES string of the molecule is O=C(c1cccc(OCc2ccccc2)c1)N1CCN(c2nc3ccccc3c(=O)[nH]2)CC1. The molecule has 0 radical (unpaired) electrons. The third-order valence-electron chi connectivity index (χ3n) is 5.80. The molecule has 4 aromatic rings. The molecule has 1 aliphatic heterocycles. The highest BCUT2D eigenvalue weighted by Crippen LogP contribution is 2.19. The zero-order valence-electron chi connectivity index (χ0n) is 18.1. The van der Waals surface area contributed by atoms with Gasteiger partial charge < -0.3 is 14.5 Å². The minimum atomic E-state index is -0.151. The van der Waals surface area contributed by atoms with Crippen LogP contribution < -0.4 is 15.2 Å². The van der Waals surface area contributed by atoms with E-state index in [2.05, 4.69) is 9.97 Å². The van der Waals surface area contributed by atoms with Crippen LogP contribution in [0.3, 0.4) is 0 Å². The molecular formula is C26H24N4O3. The van der Waals surface area contributed by atoms with Crippen LogP contribution in [0.1, 0.15) is 15.9 Å². The molecule has 0 spiro atoms. The Labute approximate surface area is 191 Å². The average Bonchev–Trinajstić information content (AvgIpc) is 2.88. The number of para-hydroxylation sites is 1. The molecule has 7 nitrogen and oxygen atoms in total. The van der Waals surface area contributed by atoms with Gasteiger partial charge >= 0.3 is 0 Å². The number of benzene rings is 3. The molecule has 0 saturated carbocycles. The van der Waals surface area contributed by atoms with Gasteiger partial charge in [-0.25, -0.2) is 4.98 Å². The number of piperazine rings is 1. The Kier molecular flexibility index (Phi) is 5.76. The number of amides is 1. The van der Waals surface area contributed by atoms with Gasteiger partial charge in [0, 0.05) is 31.7 Å². The van der Waals surface area contributed by atoms with Crippen molar-refractivity contribution in [2.75, 3.05) is 31.1 Å². The Balaban J connectivity index is 1.23. The molecule has 0 aliphatic carbocycles. The van der Waals surface area contributed by atoms with E-state index in [4.69, 9.17) is 4.74 Å². The predicted molar refractivity (Wildman–Crippen MR) is 128 cm³/mol. The van der Waals surface area contributed by atoms with Crippen molar-refractivity contribution in [3.63, 3.8) is 0 Å².